The second-order valence-electron chi connectivity index (χ2n) is 6.43. The van der Waals surface area contributed by atoms with Gasteiger partial charge in [-0.15, -0.1) is 12.4 Å². The Labute approximate surface area is 136 Å². The van der Waals surface area contributed by atoms with E-state index in [0.717, 1.165) is 32.1 Å². The van der Waals surface area contributed by atoms with Gasteiger partial charge in [-0.05, 0) is 12.8 Å². The largest absolute Gasteiger partial charge is 0.481 e. The smallest absolute Gasteiger partial charge is 0.308 e. The number of carbonyl (C=O) groups is 1. The molecule has 0 aromatic carbocycles. The molecule has 126 valence electrons. The molecule has 0 heterocycles. The van der Waals surface area contributed by atoms with E-state index in [1.807, 2.05) is 0 Å². The molecule has 0 spiro atoms. The summed E-state index contributed by atoms with van der Waals surface area (Å²) in [7, 11) is 0. The average Bonchev–Trinajstić information content (AvgIpc) is 2.41. The van der Waals surface area contributed by atoms with Crippen molar-refractivity contribution >= 4 is 18.4 Å². The van der Waals surface area contributed by atoms with E-state index in [2.05, 4.69) is 0 Å². The monoisotopic (exact) mass is 319 g/mol. The van der Waals surface area contributed by atoms with Gasteiger partial charge in [0.25, 0.3) is 0 Å². The lowest BCUT2D eigenvalue weighted by Crippen LogP contribution is -2.35. The van der Waals surface area contributed by atoms with E-state index in [1.54, 1.807) is 0 Å². The quantitative estimate of drug-likeness (QED) is 0.721. The number of hydrogen-bond donors (Lipinski definition) is 2. The van der Waals surface area contributed by atoms with Gasteiger partial charge in [-0.25, -0.2) is 0 Å². The van der Waals surface area contributed by atoms with Crippen molar-refractivity contribution in [1.82, 2.24) is 0 Å². The van der Waals surface area contributed by atoms with E-state index in [9.17, 15) is 9.90 Å². The van der Waals surface area contributed by atoms with Crippen LogP contribution >= 0.6 is 12.4 Å². The summed E-state index contributed by atoms with van der Waals surface area (Å²) in [6, 6.07) is -0.152. The van der Waals surface area contributed by atoms with Crippen LogP contribution in [0, 0.1) is 5.92 Å². The molecule has 0 amide bonds. The van der Waals surface area contributed by atoms with E-state index < -0.39 is 5.97 Å². The third-order valence-electron chi connectivity index (χ3n) is 4.64. The van der Waals surface area contributed by atoms with Gasteiger partial charge in [0.1, 0.15) is 0 Å². The molecule has 1 saturated carbocycles. The molecule has 3 N–H and O–H groups in total. The number of carboxylic acid groups (broad SMARTS) is 1. The van der Waals surface area contributed by atoms with E-state index >= 15 is 0 Å². The Bertz CT molecular complexity index is 261. The third-order valence-corrected chi connectivity index (χ3v) is 4.64. The summed E-state index contributed by atoms with van der Waals surface area (Å²) in [6.07, 6.45) is 16.8. The highest BCUT2D eigenvalue weighted by Crippen LogP contribution is 2.20. The topological polar surface area (TPSA) is 63.3 Å². The number of nitrogens with two attached hydrogens (primary N) is 1. The van der Waals surface area contributed by atoms with Gasteiger partial charge in [0.2, 0.25) is 0 Å². The standard InChI is InChI=1S/C17H33NO2.ClH/c18-16-14-12-10-8-6-4-2-1-3-5-7-9-11-13-15(16)17(19)20;/h15-16H,1-14,18H2,(H,19,20);1H/t15-,16-;/m1./s1. The fourth-order valence-corrected chi connectivity index (χ4v) is 3.23. The molecule has 0 aromatic rings. The molecule has 0 aromatic heterocycles. The van der Waals surface area contributed by atoms with E-state index in [-0.39, 0.29) is 24.4 Å². The van der Waals surface area contributed by atoms with Crippen LogP contribution in [0.2, 0.25) is 0 Å². The SMILES string of the molecule is Cl.N[C@@H]1CCCCCCCCCCCCCC[C@H]1C(=O)O. The molecule has 1 fully saturated rings. The van der Waals surface area contributed by atoms with Crippen molar-refractivity contribution in [2.75, 3.05) is 0 Å². The lowest BCUT2D eigenvalue weighted by atomic mass is 9.90. The lowest BCUT2D eigenvalue weighted by Gasteiger charge is -2.20. The van der Waals surface area contributed by atoms with Crippen molar-refractivity contribution in [3.8, 4) is 0 Å². The average molecular weight is 320 g/mol. The van der Waals surface area contributed by atoms with Gasteiger partial charge >= 0.3 is 5.97 Å². The summed E-state index contributed by atoms with van der Waals surface area (Å²) in [5.74, 6) is -1.03. The predicted molar refractivity (Wildman–Crippen MR) is 91.0 cm³/mol. The summed E-state index contributed by atoms with van der Waals surface area (Å²) in [6.45, 7) is 0. The van der Waals surface area contributed by atoms with Crippen molar-refractivity contribution < 1.29 is 9.90 Å². The molecule has 0 unspecified atom stereocenters. The van der Waals surface area contributed by atoms with Crippen LogP contribution in [0.5, 0.6) is 0 Å². The Morgan fingerprint density at radius 2 is 1.05 bits per heavy atom. The lowest BCUT2D eigenvalue weighted by molar-refractivity contribution is -0.142. The van der Waals surface area contributed by atoms with Gasteiger partial charge in [0.05, 0.1) is 5.92 Å². The van der Waals surface area contributed by atoms with Crippen molar-refractivity contribution in [2.45, 2.75) is 95.9 Å². The maximum absolute atomic E-state index is 11.3. The predicted octanol–water partition coefficient (Wildman–Crippen LogP) is 4.91. The van der Waals surface area contributed by atoms with E-state index in [4.69, 9.17) is 5.73 Å². The van der Waals surface area contributed by atoms with Crippen molar-refractivity contribution in [3.05, 3.63) is 0 Å². The third kappa shape index (κ3) is 10.1. The van der Waals surface area contributed by atoms with Crippen LogP contribution in [0.4, 0.5) is 0 Å². The maximum atomic E-state index is 11.3. The number of rotatable bonds is 1. The highest BCUT2D eigenvalue weighted by Gasteiger charge is 2.24. The maximum Gasteiger partial charge on any atom is 0.308 e. The normalized spacial score (nSPS) is 27.5. The van der Waals surface area contributed by atoms with Crippen LogP contribution in [0.25, 0.3) is 0 Å². The fourth-order valence-electron chi connectivity index (χ4n) is 3.23. The van der Waals surface area contributed by atoms with Crippen LogP contribution in [0.15, 0.2) is 0 Å². The van der Waals surface area contributed by atoms with Crippen molar-refractivity contribution in [1.29, 1.82) is 0 Å². The molecule has 4 heteroatoms. The number of halogens is 1. The minimum absolute atomic E-state index is 0. The zero-order valence-corrected chi connectivity index (χ0v) is 14.2. The molecule has 0 bridgehead atoms. The Kier molecular flexibility index (Phi) is 13.2. The first kappa shape index (κ1) is 20.7. The van der Waals surface area contributed by atoms with Gasteiger partial charge in [0, 0.05) is 6.04 Å². The summed E-state index contributed by atoms with van der Waals surface area (Å²) in [5, 5.41) is 9.32. The Hall–Kier alpha value is -0.280. The molecule has 1 aliphatic carbocycles. The molecule has 0 saturated heterocycles. The summed E-state index contributed by atoms with van der Waals surface area (Å²) < 4.78 is 0. The summed E-state index contributed by atoms with van der Waals surface area (Å²) >= 11 is 0. The highest BCUT2D eigenvalue weighted by atomic mass is 35.5. The molecule has 21 heavy (non-hydrogen) atoms. The number of aliphatic carboxylic acids is 1. The first-order chi connectivity index (χ1) is 9.72. The van der Waals surface area contributed by atoms with Crippen molar-refractivity contribution in [2.24, 2.45) is 11.7 Å². The van der Waals surface area contributed by atoms with Gasteiger partial charge < -0.3 is 10.8 Å². The second kappa shape index (κ2) is 13.4. The summed E-state index contributed by atoms with van der Waals surface area (Å²) in [4.78, 5) is 11.3. The number of hydrogen-bond acceptors (Lipinski definition) is 2. The second-order valence-corrected chi connectivity index (χ2v) is 6.43. The first-order valence-electron chi connectivity index (χ1n) is 8.70. The van der Waals surface area contributed by atoms with E-state index in [0.29, 0.717) is 0 Å². The molecule has 3 nitrogen and oxygen atoms in total. The molecule has 2 atom stereocenters. The first-order valence-corrected chi connectivity index (χ1v) is 8.70. The molecular formula is C17H34ClNO2. The summed E-state index contributed by atoms with van der Waals surface area (Å²) in [5.41, 5.74) is 6.10. The van der Waals surface area contributed by atoms with E-state index in [1.165, 1.54) is 57.8 Å². The molecule has 0 radical (unpaired) electrons. The van der Waals surface area contributed by atoms with Crippen LogP contribution in [0.1, 0.15) is 89.9 Å². The Morgan fingerprint density at radius 1 is 0.714 bits per heavy atom. The van der Waals surface area contributed by atoms with Crippen molar-refractivity contribution in [3.63, 3.8) is 0 Å². The van der Waals surface area contributed by atoms with Crippen LogP contribution in [-0.4, -0.2) is 17.1 Å². The van der Waals surface area contributed by atoms with Crippen LogP contribution < -0.4 is 5.73 Å². The van der Waals surface area contributed by atoms with Gasteiger partial charge in [-0.3, -0.25) is 4.79 Å². The Morgan fingerprint density at radius 3 is 1.43 bits per heavy atom. The zero-order chi connectivity index (χ0) is 14.6. The molecule has 1 rings (SSSR count). The minimum Gasteiger partial charge on any atom is -0.481 e. The minimum atomic E-state index is -0.696. The van der Waals surface area contributed by atoms with Gasteiger partial charge in [0.15, 0.2) is 0 Å². The molecule has 1 aliphatic rings. The molecular weight excluding hydrogens is 286 g/mol. The van der Waals surface area contributed by atoms with Crippen LogP contribution in [0.3, 0.4) is 0 Å². The van der Waals surface area contributed by atoms with Crippen LogP contribution in [-0.2, 0) is 4.79 Å². The van der Waals surface area contributed by atoms with Gasteiger partial charge in [-0.1, -0.05) is 77.0 Å². The Balaban J connectivity index is 0.00000400. The zero-order valence-electron chi connectivity index (χ0n) is 13.4. The van der Waals surface area contributed by atoms with Gasteiger partial charge in [-0.2, -0.15) is 0 Å². The molecule has 0 aliphatic heterocycles. The fraction of sp³-hybridized carbons (Fsp3) is 0.941. The number of carboxylic acids is 1. The highest BCUT2D eigenvalue weighted by molar-refractivity contribution is 5.85.